The van der Waals surface area contributed by atoms with Gasteiger partial charge in [0, 0.05) is 0 Å². The maximum Gasteiger partial charge on any atom is 0.0770 e. The Hall–Kier alpha value is -0.0800. The maximum atomic E-state index is 9.06. The van der Waals surface area contributed by atoms with Crippen LogP contribution in [0.4, 0.5) is 0 Å². The first-order chi connectivity index (χ1) is 5.48. The predicted molar refractivity (Wildman–Crippen MR) is 41.9 cm³/mol. The van der Waals surface area contributed by atoms with Crippen molar-refractivity contribution in [3.63, 3.8) is 0 Å². The van der Waals surface area contributed by atoms with E-state index in [0.29, 0.717) is 6.42 Å². The van der Waals surface area contributed by atoms with Gasteiger partial charge in [0.25, 0.3) is 0 Å². The monoisotopic (exact) mass is 148 g/mol. The Kier molecular flexibility index (Phi) is 4.65. The lowest BCUT2D eigenvalue weighted by molar-refractivity contribution is 0.0860. The van der Waals surface area contributed by atoms with Crippen molar-refractivity contribution in [3.8, 4) is 0 Å². The fourth-order valence-electron chi connectivity index (χ4n) is 0.829. The van der Waals surface area contributed by atoms with Gasteiger partial charge >= 0.3 is 0 Å². The minimum atomic E-state index is -2.44. The molecule has 0 rings (SSSR count). The molecule has 2 N–H and O–H groups in total. The normalized spacial score (nSPS) is 17.9. The molecule has 0 aromatic rings. The van der Waals surface area contributed by atoms with Crippen LogP contribution in [0.5, 0.6) is 0 Å². The number of aliphatic hydroxyl groups is 2. The van der Waals surface area contributed by atoms with E-state index < -0.39 is 12.7 Å². The number of rotatable bonds is 6. The molecule has 62 valence electrons. The molecule has 0 saturated carbocycles. The van der Waals surface area contributed by atoms with E-state index in [-0.39, 0.29) is 0 Å². The van der Waals surface area contributed by atoms with E-state index in [1.807, 2.05) is 0 Å². The second-order valence-electron chi connectivity index (χ2n) is 2.49. The van der Waals surface area contributed by atoms with Crippen molar-refractivity contribution in [2.24, 2.45) is 0 Å². The van der Waals surface area contributed by atoms with Gasteiger partial charge in [-0.3, -0.25) is 0 Å². The van der Waals surface area contributed by atoms with Gasteiger partial charge < -0.3 is 10.2 Å². The summed E-state index contributed by atoms with van der Waals surface area (Å²) in [6, 6.07) is 0. The van der Waals surface area contributed by atoms with Gasteiger partial charge in [0.2, 0.25) is 0 Å². The third-order valence-corrected chi connectivity index (χ3v) is 1.48. The van der Waals surface area contributed by atoms with Gasteiger partial charge in [-0.2, -0.15) is 0 Å². The highest BCUT2D eigenvalue weighted by atomic mass is 16.3. The molecule has 0 aromatic heterocycles. The third kappa shape index (κ3) is 6.05. The average Bonchev–Trinajstić information content (AvgIpc) is 1.96. The van der Waals surface area contributed by atoms with Crippen LogP contribution in [0.2, 0.25) is 0 Å². The zero-order chi connectivity index (χ0) is 9.61. The van der Waals surface area contributed by atoms with Crippen molar-refractivity contribution >= 4 is 0 Å². The van der Waals surface area contributed by atoms with Crippen molar-refractivity contribution in [1.82, 2.24) is 0 Å². The molecule has 0 fully saturated rings. The van der Waals surface area contributed by atoms with Gasteiger partial charge in [-0.15, -0.1) is 0 Å². The first-order valence-electron chi connectivity index (χ1n) is 4.89. The Morgan fingerprint density at radius 3 is 2.60 bits per heavy atom. The minimum Gasteiger partial charge on any atom is -0.394 e. The molecular weight excluding hydrogens is 128 g/mol. The van der Waals surface area contributed by atoms with Crippen LogP contribution in [0.15, 0.2) is 0 Å². The zero-order valence-corrected chi connectivity index (χ0v) is 6.51. The molecule has 0 heterocycles. The number of hydrogen-bond acceptors (Lipinski definition) is 2. The quantitative estimate of drug-likeness (QED) is 0.557. The molecule has 0 saturated heterocycles. The molecule has 10 heavy (non-hydrogen) atoms. The molecule has 0 amide bonds. The summed E-state index contributed by atoms with van der Waals surface area (Å²) in [6.45, 7) is -0.353. The summed E-state index contributed by atoms with van der Waals surface area (Å²) in [7, 11) is 0. The van der Waals surface area contributed by atoms with Crippen LogP contribution in [0.25, 0.3) is 0 Å². The summed E-state index contributed by atoms with van der Waals surface area (Å²) in [5.74, 6) is 0. The van der Waals surface area contributed by atoms with Crippen LogP contribution in [0.1, 0.15) is 41.8 Å². The van der Waals surface area contributed by atoms with Crippen molar-refractivity contribution in [2.75, 3.05) is 6.56 Å². The molecule has 0 spiro atoms. The maximum absolute atomic E-state index is 9.06. The highest BCUT2D eigenvalue weighted by Gasteiger charge is 1.99. The second-order valence-corrected chi connectivity index (χ2v) is 2.49. The Morgan fingerprint density at radius 2 is 2.10 bits per heavy atom. The number of aliphatic hydroxyl groups excluding tert-OH is 1. The van der Waals surface area contributed by atoms with Gasteiger partial charge in [-0.05, 0) is 6.42 Å². The Bertz CT molecular complexity index is 112. The highest BCUT2D eigenvalue weighted by molar-refractivity contribution is 4.52. The molecule has 0 aliphatic carbocycles. The molecule has 0 radical (unpaired) electrons. The second kappa shape index (κ2) is 7.03. The smallest absolute Gasteiger partial charge is 0.0770 e. The van der Waals surface area contributed by atoms with Crippen LogP contribution >= 0.6 is 0 Å². The first-order valence-corrected chi connectivity index (χ1v) is 3.89. The lowest BCUT2D eigenvalue weighted by atomic mass is 10.1. The number of hydrogen-bond donors (Lipinski definition) is 2. The van der Waals surface area contributed by atoms with Gasteiger partial charge in [0.05, 0.1) is 15.4 Å². The van der Waals surface area contributed by atoms with Gasteiger partial charge in [-0.1, -0.05) is 32.6 Å². The average molecular weight is 148 g/mol. The molecule has 0 aromatic carbocycles. The minimum absolute atomic E-state index is 0.337. The standard InChI is InChI=1S/C8H18O2/c1-2-3-4-5-6-8(10)7-9/h8-10H,2-7H2,1H3/i7D2. The highest BCUT2D eigenvalue weighted by Crippen LogP contribution is 2.04. The molecule has 2 nitrogen and oxygen atoms in total. The van der Waals surface area contributed by atoms with E-state index in [1.165, 1.54) is 0 Å². The SMILES string of the molecule is [2H]C([2H])(O)C(O)CCCCCC. The topological polar surface area (TPSA) is 40.5 Å². The Balaban J connectivity index is 3.38. The molecule has 2 heteroatoms. The molecular formula is C8H18O2. The van der Waals surface area contributed by atoms with E-state index in [0.717, 1.165) is 25.7 Å². The van der Waals surface area contributed by atoms with E-state index in [1.54, 1.807) is 0 Å². The van der Waals surface area contributed by atoms with Crippen LogP contribution in [-0.2, 0) is 0 Å². The molecule has 1 atom stereocenters. The lowest BCUT2D eigenvalue weighted by Crippen LogP contribution is -2.10. The molecule has 0 aliphatic heterocycles. The van der Waals surface area contributed by atoms with Crippen LogP contribution in [0.3, 0.4) is 0 Å². The largest absolute Gasteiger partial charge is 0.394 e. The molecule has 0 aliphatic rings. The van der Waals surface area contributed by atoms with Gasteiger partial charge in [-0.25, -0.2) is 0 Å². The molecule has 0 bridgehead atoms. The first kappa shape index (κ1) is 6.62. The van der Waals surface area contributed by atoms with Crippen LogP contribution in [-0.4, -0.2) is 22.9 Å². The summed E-state index contributed by atoms with van der Waals surface area (Å²) in [6.07, 6.45) is 3.07. The van der Waals surface area contributed by atoms with Crippen molar-refractivity contribution in [2.45, 2.75) is 45.1 Å². The summed E-state index contributed by atoms with van der Waals surface area (Å²) >= 11 is 0. The fourth-order valence-corrected chi connectivity index (χ4v) is 0.829. The predicted octanol–water partition coefficient (Wildman–Crippen LogP) is 1.31. The Labute approximate surface area is 65.7 Å². The van der Waals surface area contributed by atoms with Crippen molar-refractivity contribution in [1.29, 1.82) is 0 Å². The summed E-state index contributed by atoms with van der Waals surface area (Å²) in [4.78, 5) is 0. The van der Waals surface area contributed by atoms with E-state index in [2.05, 4.69) is 6.92 Å². The van der Waals surface area contributed by atoms with Crippen LogP contribution < -0.4 is 0 Å². The summed E-state index contributed by atoms with van der Waals surface area (Å²) < 4.78 is 13.6. The fraction of sp³-hybridized carbons (Fsp3) is 1.00. The lowest BCUT2D eigenvalue weighted by Gasteiger charge is -2.04. The van der Waals surface area contributed by atoms with E-state index >= 15 is 0 Å². The third-order valence-electron chi connectivity index (χ3n) is 1.48. The summed E-state index contributed by atoms with van der Waals surface area (Å²) in [5, 5.41) is 17.8. The number of unbranched alkanes of at least 4 members (excludes halogenated alkanes) is 3. The van der Waals surface area contributed by atoms with Crippen LogP contribution in [0, 0.1) is 0 Å². The van der Waals surface area contributed by atoms with Gasteiger partial charge in [0.1, 0.15) is 0 Å². The zero-order valence-electron chi connectivity index (χ0n) is 8.51. The van der Waals surface area contributed by atoms with Crippen molar-refractivity contribution < 1.29 is 13.0 Å². The van der Waals surface area contributed by atoms with E-state index in [9.17, 15) is 0 Å². The Morgan fingerprint density at radius 1 is 1.40 bits per heavy atom. The molecule has 1 unspecified atom stereocenters. The summed E-state index contributed by atoms with van der Waals surface area (Å²) in [5.41, 5.74) is 0. The van der Waals surface area contributed by atoms with Gasteiger partial charge in [0.15, 0.2) is 0 Å². The van der Waals surface area contributed by atoms with Crippen molar-refractivity contribution in [3.05, 3.63) is 0 Å². The van der Waals surface area contributed by atoms with E-state index in [4.69, 9.17) is 13.0 Å².